The summed E-state index contributed by atoms with van der Waals surface area (Å²) in [5, 5.41) is 11.8. The van der Waals surface area contributed by atoms with Gasteiger partial charge < -0.3 is 14.5 Å². The van der Waals surface area contributed by atoms with E-state index >= 15 is 0 Å². The van der Waals surface area contributed by atoms with Gasteiger partial charge >= 0.3 is 0 Å². The van der Waals surface area contributed by atoms with Crippen LogP contribution in [0.2, 0.25) is 0 Å². The molecule has 1 aromatic carbocycles. The van der Waals surface area contributed by atoms with Crippen molar-refractivity contribution in [2.45, 2.75) is 0 Å². The molecule has 0 aliphatic carbocycles. The zero-order chi connectivity index (χ0) is 21.9. The van der Waals surface area contributed by atoms with Gasteiger partial charge in [-0.3, -0.25) is 14.8 Å². The lowest BCUT2D eigenvalue weighted by Gasteiger charge is -2.03. The first-order valence-electron chi connectivity index (χ1n) is 10.3. The Balaban J connectivity index is 1.37. The maximum absolute atomic E-state index is 5.53. The van der Waals surface area contributed by atoms with E-state index in [1.165, 1.54) is 0 Å². The highest BCUT2D eigenvalue weighted by Gasteiger charge is 2.19. The van der Waals surface area contributed by atoms with E-state index in [1.807, 2.05) is 43.6 Å². The molecule has 2 N–H and O–H groups in total. The zero-order valence-electron chi connectivity index (χ0n) is 17.4. The van der Waals surface area contributed by atoms with Crippen LogP contribution in [0, 0.1) is 0 Å². The normalized spacial score (nSPS) is 12.8. The number of nitrogens with one attached hydrogen (secondary N) is 2. The minimum absolute atomic E-state index is 0.230. The molecule has 0 spiro atoms. The van der Waals surface area contributed by atoms with E-state index in [9.17, 15) is 0 Å². The summed E-state index contributed by atoms with van der Waals surface area (Å²) in [5.41, 5.74) is 7.38. The van der Waals surface area contributed by atoms with E-state index in [2.05, 4.69) is 25.3 Å². The number of H-pyrrole nitrogens is 2. The number of hydrogen-bond acceptors (Lipinski definition) is 7. The molecule has 0 saturated carbocycles. The molecule has 10 heteroatoms. The molecule has 10 nitrogen and oxygen atoms in total. The third-order valence-corrected chi connectivity index (χ3v) is 5.71. The molecule has 33 heavy (non-hydrogen) atoms. The third-order valence-electron chi connectivity index (χ3n) is 5.71. The summed E-state index contributed by atoms with van der Waals surface area (Å²) in [7, 11) is 1.88. The molecule has 0 atom stereocenters. The van der Waals surface area contributed by atoms with Gasteiger partial charge in [0, 0.05) is 30.6 Å². The molecule has 1 aliphatic rings. The lowest BCUT2D eigenvalue weighted by atomic mass is 10.1. The van der Waals surface area contributed by atoms with Gasteiger partial charge in [0.1, 0.15) is 5.52 Å². The quantitative estimate of drug-likeness (QED) is 0.434. The number of fused-ring (bicyclic) bond motifs is 3. The van der Waals surface area contributed by atoms with Crippen LogP contribution in [0.1, 0.15) is 0 Å². The van der Waals surface area contributed by atoms with Crippen LogP contribution in [0.5, 0.6) is 11.5 Å². The second kappa shape index (κ2) is 6.63. The summed E-state index contributed by atoms with van der Waals surface area (Å²) in [6.07, 6.45) is 7.27. The van der Waals surface area contributed by atoms with Gasteiger partial charge in [-0.25, -0.2) is 9.97 Å². The van der Waals surface area contributed by atoms with Crippen LogP contribution >= 0.6 is 0 Å². The van der Waals surface area contributed by atoms with Crippen LogP contribution in [-0.4, -0.2) is 46.7 Å². The molecule has 7 rings (SSSR count). The van der Waals surface area contributed by atoms with Gasteiger partial charge in [0.05, 0.1) is 34.6 Å². The smallest absolute Gasteiger partial charge is 0.231 e. The summed E-state index contributed by atoms with van der Waals surface area (Å²) < 4.78 is 12.7. The fraction of sp³-hybridized carbons (Fsp3) is 0.0870. The van der Waals surface area contributed by atoms with Crippen LogP contribution in [0.4, 0.5) is 0 Å². The number of aromatic amines is 2. The monoisotopic (exact) mass is 436 g/mol. The number of benzene rings is 1. The highest BCUT2D eigenvalue weighted by atomic mass is 16.7. The van der Waals surface area contributed by atoms with Crippen LogP contribution in [0.25, 0.3) is 56.0 Å². The van der Waals surface area contributed by atoms with Gasteiger partial charge in [0.25, 0.3) is 0 Å². The van der Waals surface area contributed by atoms with Crippen LogP contribution < -0.4 is 9.47 Å². The predicted molar refractivity (Wildman–Crippen MR) is 121 cm³/mol. The second-order valence-corrected chi connectivity index (χ2v) is 7.80. The van der Waals surface area contributed by atoms with E-state index in [4.69, 9.17) is 19.4 Å². The molecular formula is C23H16N8O2. The van der Waals surface area contributed by atoms with Gasteiger partial charge in [-0.2, -0.15) is 10.2 Å². The van der Waals surface area contributed by atoms with Crippen molar-refractivity contribution in [3.05, 3.63) is 55.1 Å². The van der Waals surface area contributed by atoms with E-state index in [-0.39, 0.29) is 6.79 Å². The lowest BCUT2D eigenvalue weighted by Crippen LogP contribution is -1.92. The van der Waals surface area contributed by atoms with Crippen molar-refractivity contribution in [3.8, 4) is 45.4 Å². The van der Waals surface area contributed by atoms with E-state index in [1.54, 1.807) is 23.3 Å². The maximum Gasteiger partial charge on any atom is 0.231 e. The summed E-state index contributed by atoms with van der Waals surface area (Å²) in [6.45, 7) is 0.230. The van der Waals surface area contributed by atoms with Crippen molar-refractivity contribution in [1.29, 1.82) is 0 Å². The van der Waals surface area contributed by atoms with Gasteiger partial charge in [0.15, 0.2) is 23.0 Å². The molecule has 0 unspecified atom stereocenters. The van der Waals surface area contributed by atoms with Crippen molar-refractivity contribution < 1.29 is 9.47 Å². The Bertz CT molecular complexity index is 1680. The Morgan fingerprint density at radius 1 is 0.909 bits per heavy atom. The van der Waals surface area contributed by atoms with E-state index < -0.39 is 0 Å². The molecule has 0 bridgehead atoms. The van der Waals surface area contributed by atoms with E-state index in [0.717, 1.165) is 50.2 Å². The molecule has 0 amide bonds. The SMILES string of the molecule is Cn1cc(-c2ccc3[nH]nc(-c4nc5c(-c6ccc7c(c6)OCO7)cncc5[nH]4)c3n2)cn1. The van der Waals surface area contributed by atoms with Gasteiger partial charge in [0.2, 0.25) is 6.79 Å². The lowest BCUT2D eigenvalue weighted by molar-refractivity contribution is 0.174. The number of pyridine rings is 2. The van der Waals surface area contributed by atoms with Crippen LogP contribution in [0.15, 0.2) is 55.1 Å². The molecule has 5 aromatic heterocycles. The number of aromatic nitrogens is 8. The number of imidazole rings is 1. The molecule has 6 aromatic rings. The summed E-state index contributed by atoms with van der Waals surface area (Å²) in [5.74, 6) is 2.06. The fourth-order valence-electron chi connectivity index (χ4n) is 4.10. The number of aryl methyl sites for hydroxylation is 1. The van der Waals surface area contributed by atoms with Gasteiger partial charge in [-0.15, -0.1) is 0 Å². The first-order chi connectivity index (χ1) is 16.2. The van der Waals surface area contributed by atoms with E-state index in [0.29, 0.717) is 17.3 Å². The highest BCUT2D eigenvalue weighted by molar-refractivity contribution is 5.96. The number of nitrogens with zero attached hydrogens (tertiary/aromatic N) is 6. The highest BCUT2D eigenvalue weighted by Crippen LogP contribution is 2.38. The Morgan fingerprint density at radius 2 is 1.85 bits per heavy atom. The summed E-state index contributed by atoms with van der Waals surface area (Å²) >= 11 is 0. The predicted octanol–water partition coefficient (Wildman–Crippen LogP) is 3.69. The Kier molecular flexibility index (Phi) is 3.60. The van der Waals surface area contributed by atoms with Gasteiger partial charge in [-0.05, 0) is 29.8 Å². The molecule has 0 radical (unpaired) electrons. The largest absolute Gasteiger partial charge is 0.454 e. The first kappa shape index (κ1) is 17.9. The average Bonchev–Trinajstić information content (AvgIpc) is 3.62. The van der Waals surface area contributed by atoms with Crippen molar-refractivity contribution in [2.75, 3.05) is 6.79 Å². The minimum Gasteiger partial charge on any atom is -0.454 e. The van der Waals surface area contributed by atoms with Crippen LogP contribution in [0.3, 0.4) is 0 Å². The first-order valence-corrected chi connectivity index (χ1v) is 10.3. The summed E-state index contributed by atoms with van der Waals surface area (Å²) in [6, 6.07) is 9.73. The maximum atomic E-state index is 5.53. The molecule has 6 heterocycles. The summed E-state index contributed by atoms with van der Waals surface area (Å²) in [4.78, 5) is 17.5. The molecule has 160 valence electrons. The number of rotatable bonds is 3. The standard InChI is InChI=1S/C23H16N8O2/c1-31-10-13(7-25-31)15-3-4-16-21(26-15)22(30-29-16)23-27-17-9-24-8-14(20(17)28-23)12-2-5-18-19(6-12)33-11-32-18/h2-10H,11H2,1H3,(H,27,28)(H,29,30). The molecule has 1 aliphatic heterocycles. The van der Waals surface area contributed by atoms with Crippen molar-refractivity contribution in [2.24, 2.45) is 7.05 Å². The average molecular weight is 436 g/mol. The minimum atomic E-state index is 0.230. The molecular weight excluding hydrogens is 420 g/mol. The van der Waals surface area contributed by atoms with Crippen molar-refractivity contribution in [3.63, 3.8) is 0 Å². The Morgan fingerprint density at radius 3 is 2.76 bits per heavy atom. The second-order valence-electron chi connectivity index (χ2n) is 7.80. The molecule has 0 saturated heterocycles. The Hall–Kier alpha value is -4.73. The van der Waals surface area contributed by atoms with Crippen LogP contribution in [-0.2, 0) is 7.05 Å². The van der Waals surface area contributed by atoms with Crippen molar-refractivity contribution in [1.82, 2.24) is 39.9 Å². The Labute approximate surface area is 186 Å². The zero-order valence-corrected chi connectivity index (χ0v) is 17.4. The number of hydrogen-bond donors (Lipinski definition) is 2. The fourth-order valence-corrected chi connectivity index (χ4v) is 4.10. The third kappa shape index (κ3) is 2.77. The molecule has 0 fully saturated rings. The van der Waals surface area contributed by atoms with Gasteiger partial charge in [-0.1, -0.05) is 6.07 Å². The number of ether oxygens (including phenoxy) is 2. The van der Waals surface area contributed by atoms with Crippen molar-refractivity contribution >= 4 is 22.1 Å². The topological polar surface area (TPSA) is 119 Å².